The molecule has 116 valence electrons. The van der Waals surface area contributed by atoms with Crippen molar-refractivity contribution < 1.29 is 4.74 Å². The minimum atomic E-state index is -0.101. The molecule has 2 heteroatoms. The molecule has 0 saturated heterocycles. The van der Waals surface area contributed by atoms with Gasteiger partial charge in [-0.05, 0) is 49.2 Å². The SMILES string of the molecule is COc1c(C)cc([S+](c2ccccc2)c2ccccc2)cc1C. The van der Waals surface area contributed by atoms with Crippen molar-refractivity contribution in [2.24, 2.45) is 0 Å². The van der Waals surface area contributed by atoms with E-state index in [-0.39, 0.29) is 10.9 Å². The van der Waals surface area contributed by atoms with Crippen LogP contribution in [0.2, 0.25) is 0 Å². The van der Waals surface area contributed by atoms with Crippen LogP contribution in [0.5, 0.6) is 5.75 Å². The van der Waals surface area contributed by atoms with Crippen LogP contribution in [0.1, 0.15) is 11.1 Å². The summed E-state index contributed by atoms with van der Waals surface area (Å²) in [5.41, 5.74) is 2.37. The van der Waals surface area contributed by atoms with Crippen molar-refractivity contribution in [3.63, 3.8) is 0 Å². The normalized spacial score (nSPS) is 10.8. The summed E-state index contributed by atoms with van der Waals surface area (Å²) in [7, 11) is 1.64. The number of benzene rings is 3. The van der Waals surface area contributed by atoms with Crippen LogP contribution < -0.4 is 4.74 Å². The molecule has 0 aromatic heterocycles. The molecule has 0 N–H and O–H groups in total. The van der Waals surface area contributed by atoms with Crippen LogP contribution in [0, 0.1) is 13.8 Å². The summed E-state index contributed by atoms with van der Waals surface area (Å²) in [6, 6.07) is 26.0. The van der Waals surface area contributed by atoms with Crippen molar-refractivity contribution in [2.45, 2.75) is 28.5 Å². The molecule has 0 unspecified atom stereocenters. The van der Waals surface area contributed by atoms with Crippen molar-refractivity contribution >= 4 is 10.9 Å². The van der Waals surface area contributed by atoms with E-state index in [9.17, 15) is 0 Å². The number of hydrogen-bond donors (Lipinski definition) is 0. The van der Waals surface area contributed by atoms with Gasteiger partial charge in [0.15, 0.2) is 14.7 Å². The maximum absolute atomic E-state index is 5.52. The molecule has 3 rings (SSSR count). The Balaban J connectivity index is 2.17. The molecule has 0 atom stereocenters. The van der Waals surface area contributed by atoms with Gasteiger partial charge in [-0.3, -0.25) is 0 Å². The van der Waals surface area contributed by atoms with Crippen LogP contribution in [0.3, 0.4) is 0 Å². The van der Waals surface area contributed by atoms with E-state index >= 15 is 0 Å². The van der Waals surface area contributed by atoms with Gasteiger partial charge in [-0.1, -0.05) is 36.4 Å². The highest BCUT2D eigenvalue weighted by Crippen LogP contribution is 2.35. The van der Waals surface area contributed by atoms with Crippen LogP contribution >= 0.6 is 0 Å². The van der Waals surface area contributed by atoms with Gasteiger partial charge >= 0.3 is 0 Å². The summed E-state index contributed by atoms with van der Waals surface area (Å²) in [5.74, 6) is 0.985. The quantitative estimate of drug-likeness (QED) is 0.584. The zero-order valence-corrected chi connectivity index (χ0v) is 14.6. The third kappa shape index (κ3) is 3.27. The smallest absolute Gasteiger partial charge is 0.167 e. The van der Waals surface area contributed by atoms with Gasteiger partial charge in [0.25, 0.3) is 0 Å². The summed E-state index contributed by atoms with van der Waals surface area (Å²) in [6.45, 7) is 4.24. The van der Waals surface area contributed by atoms with E-state index in [4.69, 9.17) is 4.74 Å². The lowest BCUT2D eigenvalue weighted by molar-refractivity contribution is 0.408. The molecular formula is C21H21OS+. The summed E-state index contributed by atoms with van der Waals surface area (Å²) in [6.07, 6.45) is 0. The molecule has 0 radical (unpaired) electrons. The van der Waals surface area contributed by atoms with Gasteiger partial charge in [0.1, 0.15) is 5.75 Å². The third-order valence-electron chi connectivity index (χ3n) is 3.83. The monoisotopic (exact) mass is 321 g/mol. The van der Waals surface area contributed by atoms with Crippen LogP contribution in [-0.4, -0.2) is 7.11 Å². The van der Waals surface area contributed by atoms with Crippen molar-refractivity contribution in [3.8, 4) is 5.75 Å². The summed E-state index contributed by atoms with van der Waals surface area (Å²) in [5, 5.41) is 0. The second-order valence-corrected chi connectivity index (χ2v) is 7.55. The zero-order chi connectivity index (χ0) is 16.2. The van der Waals surface area contributed by atoms with E-state index in [2.05, 4.69) is 86.6 Å². The Morgan fingerprint density at radius 2 is 1.09 bits per heavy atom. The highest BCUT2D eigenvalue weighted by Gasteiger charge is 2.29. The molecule has 0 aliphatic heterocycles. The van der Waals surface area contributed by atoms with Gasteiger partial charge in [-0.15, -0.1) is 0 Å². The van der Waals surface area contributed by atoms with Crippen molar-refractivity contribution in [2.75, 3.05) is 7.11 Å². The van der Waals surface area contributed by atoms with Gasteiger partial charge in [0.2, 0.25) is 0 Å². The van der Waals surface area contributed by atoms with Crippen molar-refractivity contribution in [3.05, 3.63) is 83.9 Å². The lowest BCUT2D eigenvalue weighted by Gasteiger charge is -2.12. The highest BCUT2D eigenvalue weighted by atomic mass is 32.2. The first-order valence-corrected chi connectivity index (χ1v) is 8.93. The van der Waals surface area contributed by atoms with Gasteiger partial charge in [-0.2, -0.15) is 0 Å². The number of aryl methyl sites for hydroxylation is 2. The minimum Gasteiger partial charge on any atom is -0.496 e. The zero-order valence-electron chi connectivity index (χ0n) is 13.7. The van der Waals surface area contributed by atoms with E-state index in [0.717, 1.165) is 5.75 Å². The Hall–Kier alpha value is -2.19. The Labute approximate surface area is 141 Å². The topological polar surface area (TPSA) is 9.23 Å². The van der Waals surface area contributed by atoms with Gasteiger partial charge < -0.3 is 4.74 Å². The average Bonchev–Trinajstić information content (AvgIpc) is 2.57. The fourth-order valence-electron chi connectivity index (χ4n) is 2.87. The Kier molecular flexibility index (Phi) is 4.73. The Bertz CT molecular complexity index is 719. The Morgan fingerprint density at radius 1 is 0.652 bits per heavy atom. The van der Waals surface area contributed by atoms with Crippen LogP contribution in [0.4, 0.5) is 0 Å². The molecule has 3 aromatic rings. The van der Waals surface area contributed by atoms with Crippen molar-refractivity contribution in [1.29, 1.82) is 0 Å². The first kappa shape index (κ1) is 15.7. The molecule has 0 fully saturated rings. The molecule has 1 nitrogen and oxygen atoms in total. The summed E-state index contributed by atoms with van der Waals surface area (Å²) in [4.78, 5) is 4.00. The minimum absolute atomic E-state index is 0.101. The first-order chi connectivity index (χ1) is 11.2. The van der Waals surface area contributed by atoms with Crippen molar-refractivity contribution in [1.82, 2.24) is 0 Å². The highest BCUT2D eigenvalue weighted by molar-refractivity contribution is 7.97. The van der Waals surface area contributed by atoms with Crippen LogP contribution in [0.15, 0.2) is 87.5 Å². The molecule has 3 aromatic carbocycles. The van der Waals surface area contributed by atoms with Gasteiger partial charge in [-0.25, -0.2) is 0 Å². The maximum Gasteiger partial charge on any atom is 0.167 e. The second-order valence-electron chi connectivity index (χ2n) is 5.52. The van der Waals surface area contributed by atoms with E-state index in [1.54, 1.807) is 7.11 Å². The standard InChI is InChI=1S/C21H21OS/c1-16-14-20(15-17(2)21(16)22-3)23(18-10-6-4-7-11-18)19-12-8-5-9-13-19/h4-15H,1-3H3/q+1. The second kappa shape index (κ2) is 6.93. The number of methoxy groups -OCH3 is 1. The molecule has 0 aliphatic rings. The third-order valence-corrected chi connectivity index (χ3v) is 6.03. The molecule has 23 heavy (non-hydrogen) atoms. The number of hydrogen-bond acceptors (Lipinski definition) is 1. The number of rotatable bonds is 4. The predicted octanol–water partition coefficient (Wildman–Crippen LogP) is 5.41. The van der Waals surface area contributed by atoms with Gasteiger partial charge in [0, 0.05) is 12.1 Å². The van der Waals surface area contributed by atoms with E-state index in [0.29, 0.717) is 0 Å². The van der Waals surface area contributed by atoms with Gasteiger partial charge in [0.05, 0.1) is 18.0 Å². The molecule has 0 spiro atoms. The lowest BCUT2D eigenvalue weighted by atomic mass is 10.1. The van der Waals surface area contributed by atoms with E-state index in [1.165, 1.54) is 25.8 Å². The molecule has 0 aliphatic carbocycles. The molecule has 0 amide bonds. The van der Waals surface area contributed by atoms with E-state index in [1.807, 2.05) is 0 Å². The molecule has 0 heterocycles. The fraction of sp³-hybridized carbons (Fsp3) is 0.143. The summed E-state index contributed by atoms with van der Waals surface area (Å²) >= 11 is 0. The average molecular weight is 321 g/mol. The fourth-order valence-corrected chi connectivity index (χ4v) is 5.14. The summed E-state index contributed by atoms with van der Waals surface area (Å²) < 4.78 is 5.52. The predicted molar refractivity (Wildman–Crippen MR) is 97.5 cm³/mol. The lowest BCUT2D eigenvalue weighted by Crippen LogP contribution is -2.06. The molecular weight excluding hydrogens is 300 g/mol. The number of ether oxygens (including phenoxy) is 1. The Morgan fingerprint density at radius 3 is 1.48 bits per heavy atom. The largest absolute Gasteiger partial charge is 0.496 e. The molecule has 0 saturated carbocycles. The van der Waals surface area contributed by atoms with E-state index < -0.39 is 0 Å². The van der Waals surface area contributed by atoms with Crippen LogP contribution in [0.25, 0.3) is 0 Å². The maximum atomic E-state index is 5.52. The first-order valence-electron chi connectivity index (χ1n) is 7.70. The van der Waals surface area contributed by atoms with Crippen LogP contribution in [-0.2, 0) is 10.9 Å². The molecule has 0 bridgehead atoms.